The first-order chi connectivity index (χ1) is 16.9. The second-order valence-electron chi connectivity index (χ2n) is 6.97. The van der Waals surface area contributed by atoms with Crippen molar-refractivity contribution in [1.29, 1.82) is 5.26 Å². The molecule has 2 N–H and O–H groups in total. The van der Waals surface area contributed by atoms with Crippen LogP contribution in [0.1, 0.15) is 21.5 Å². The number of carbonyl (C=O) groups is 1. The van der Waals surface area contributed by atoms with Crippen molar-refractivity contribution in [2.24, 2.45) is 0 Å². The predicted molar refractivity (Wildman–Crippen MR) is 129 cm³/mol. The van der Waals surface area contributed by atoms with Gasteiger partial charge in [0.1, 0.15) is 12.4 Å². The van der Waals surface area contributed by atoms with Gasteiger partial charge in [0.25, 0.3) is 13.7 Å². The lowest BCUT2D eigenvalue weighted by Gasteiger charge is -2.18. The van der Waals surface area contributed by atoms with Gasteiger partial charge >= 0.3 is 7.82 Å². The van der Waals surface area contributed by atoms with Crippen LogP contribution in [0.5, 0.6) is 5.75 Å². The summed E-state index contributed by atoms with van der Waals surface area (Å²) in [4.78, 5) is 45.1. The lowest BCUT2D eigenvalue weighted by atomic mass is 10.1. The molecule has 0 amide bonds. The number of nitrogens with zero attached hydrogens (tertiary/aromatic N) is 3. The van der Waals surface area contributed by atoms with E-state index in [1.54, 1.807) is 30.3 Å². The van der Waals surface area contributed by atoms with Crippen molar-refractivity contribution < 1.29 is 42.2 Å². The number of fused-ring (bicyclic) bond motifs is 1. The summed E-state index contributed by atoms with van der Waals surface area (Å²) >= 11 is 3.34. The Morgan fingerprint density at radius 3 is 2.64 bits per heavy atom. The predicted octanol–water partition coefficient (Wildman–Crippen LogP) is 3.94. The molecule has 0 saturated heterocycles. The molecule has 0 fully saturated rings. The fraction of sp³-hybridized carbons (Fsp3) is 0.0952. The summed E-state index contributed by atoms with van der Waals surface area (Å²) in [6.07, 6.45) is 2.79. The molecule has 0 radical (unpaired) electrons. The van der Waals surface area contributed by atoms with Gasteiger partial charge in [-0.25, -0.2) is 13.7 Å². The molecule has 0 aliphatic rings. The third-order valence-corrected chi connectivity index (χ3v) is 7.24. The fourth-order valence-electron chi connectivity index (χ4n) is 3.21. The highest BCUT2D eigenvalue weighted by molar-refractivity contribution is 9.10. The molecule has 0 aliphatic heterocycles. The Bertz CT molecular complexity index is 1560. The summed E-state index contributed by atoms with van der Waals surface area (Å²) in [6, 6.07) is 11.5. The summed E-state index contributed by atoms with van der Waals surface area (Å²) in [6.45, 7) is 6.62. The third-order valence-electron chi connectivity index (χ3n) is 4.64. The molecule has 1 heterocycles. The van der Waals surface area contributed by atoms with Gasteiger partial charge in [-0.1, -0.05) is 15.9 Å². The molecule has 0 spiro atoms. The van der Waals surface area contributed by atoms with E-state index >= 15 is 0 Å². The average Bonchev–Trinajstić information content (AvgIpc) is 3.17. The van der Waals surface area contributed by atoms with Crippen LogP contribution in [-0.2, 0) is 18.0 Å². The lowest BCUT2D eigenvalue weighted by Crippen LogP contribution is -2.16. The number of phosphoric ester groups is 1. The first-order valence-electron chi connectivity index (χ1n) is 9.61. The van der Waals surface area contributed by atoms with Crippen molar-refractivity contribution in [1.82, 2.24) is 4.57 Å². The van der Waals surface area contributed by atoms with Gasteiger partial charge in [-0.05, 0) is 47.9 Å². The van der Waals surface area contributed by atoms with Crippen LogP contribution in [0.4, 0.5) is 0 Å². The Morgan fingerprint density at radius 2 is 2.03 bits per heavy atom. The van der Waals surface area contributed by atoms with Crippen LogP contribution in [0.2, 0.25) is 0 Å². The zero-order valence-electron chi connectivity index (χ0n) is 18.2. The van der Waals surface area contributed by atoms with Crippen LogP contribution in [0.3, 0.4) is 0 Å². The van der Waals surface area contributed by atoms with Gasteiger partial charge in [-0.15, -0.1) is 0 Å². The number of ether oxygens (including phenoxy) is 1. The van der Waals surface area contributed by atoms with Crippen LogP contribution >= 0.6 is 31.6 Å². The maximum Gasteiger partial charge on any atom is 0.479 e. The van der Waals surface area contributed by atoms with E-state index in [0.717, 1.165) is 4.57 Å². The quantitative estimate of drug-likeness (QED) is 0.287. The van der Waals surface area contributed by atoms with Crippen LogP contribution in [0.15, 0.2) is 47.1 Å². The summed E-state index contributed by atoms with van der Waals surface area (Å²) in [5.41, 5.74) is 1.48. The number of carbonyl (C=O) groups excluding carboxylic acids is 1. The topological polar surface area (TPSA) is 176 Å². The molecule has 186 valence electrons. The van der Waals surface area contributed by atoms with E-state index in [2.05, 4.69) is 29.6 Å². The monoisotopic (exact) mass is 594 g/mol. The second kappa shape index (κ2) is 10.9. The highest BCUT2D eigenvalue weighted by atomic mass is 79.9. The molecule has 36 heavy (non-hydrogen) atoms. The highest BCUT2D eigenvalue weighted by Gasteiger charge is 2.28. The molecule has 3 aromatic rings. The first-order valence-corrected chi connectivity index (χ1v) is 13.4. The van der Waals surface area contributed by atoms with Gasteiger partial charge in [-0.2, -0.15) is 5.26 Å². The largest absolute Gasteiger partial charge is 0.756 e. The van der Waals surface area contributed by atoms with E-state index in [9.17, 15) is 29.0 Å². The Kier molecular flexibility index (Phi) is 8.32. The number of hydrogen-bond donors (Lipinski definition) is 2. The molecular formula is C21H15BrN3O9P2-. The van der Waals surface area contributed by atoms with Crippen molar-refractivity contribution in [3.8, 4) is 11.8 Å². The third kappa shape index (κ3) is 6.56. The van der Waals surface area contributed by atoms with E-state index in [0.29, 0.717) is 37.8 Å². The average molecular weight is 595 g/mol. The van der Waals surface area contributed by atoms with Crippen molar-refractivity contribution in [2.45, 2.75) is 0 Å². The lowest BCUT2D eigenvalue weighted by molar-refractivity contribution is -0.212. The molecular weight excluding hydrogens is 580 g/mol. The number of halogens is 1. The molecule has 12 nitrogen and oxygen atoms in total. The first kappa shape index (κ1) is 27.5. The Morgan fingerprint density at radius 1 is 1.31 bits per heavy atom. The smallest absolute Gasteiger partial charge is 0.479 e. The van der Waals surface area contributed by atoms with Gasteiger partial charge in [0.15, 0.2) is 5.70 Å². The maximum atomic E-state index is 12.8. The summed E-state index contributed by atoms with van der Waals surface area (Å²) < 4.78 is 37.4. The molecule has 15 heteroatoms. The zero-order chi connectivity index (χ0) is 26.7. The van der Waals surface area contributed by atoms with Gasteiger partial charge in [0.2, 0.25) is 0 Å². The fourth-order valence-corrected chi connectivity index (χ4v) is 5.07. The molecule has 2 aromatic carbocycles. The number of rotatable bonds is 8. The minimum atomic E-state index is -5.61. The molecule has 0 bridgehead atoms. The van der Waals surface area contributed by atoms with Crippen LogP contribution in [0, 0.1) is 17.9 Å². The number of phosphoric acid groups is 2. The number of hydrogen-bond acceptors (Lipinski definition) is 8. The van der Waals surface area contributed by atoms with Gasteiger partial charge < -0.3 is 19.4 Å². The van der Waals surface area contributed by atoms with Crippen molar-refractivity contribution in [3.05, 3.63) is 75.2 Å². The van der Waals surface area contributed by atoms with Crippen molar-refractivity contribution in [3.63, 3.8) is 0 Å². The Hall–Kier alpha value is -3.09. The van der Waals surface area contributed by atoms with Crippen molar-refractivity contribution in [2.75, 3.05) is 13.7 Å². The van der Waals surface area contributed by atoms with E-state index in [1.807, 2.05) is 6.07 Å². The second-order valence-corrected chi connectivity index (χ2v) is 10.7. The van der Waals surface area contributed by atoms with E-state index in [4.69, 9.17) is 16.2 Å². The van der Waals surface area contributed by atoms with E-state index in [1.165, 1.54) is 25.4 Å². The van der Waals surface area contributed by atoms with E-state index in [-0.39, 0.29) is 5.70 Å². The highest BCUT2D eigenvalue weighted by Crippen LogP contribution is 2.55. The minimum Gasteiger partial charge on any atom is -0.756 e. The zero-order valence-corrected chi connectivity index (χ0v) is 21.6. The van der Waals surface area contributed by atoms with E-state index < -0.39 is 28.2 Å². The maximum absolute atomic E-state index is 12.8. The molecule has 0 aliphatic carbocycles. The van der Waals surface area contributed by atoms with Gasteiger partial charge in [0.05, 0.1) is 30.8 Å². The summed E-state index contributed by atoms with van der Waals surface area (Å²) in [7, 11) is -9.48. The molecule has 1 aromatic heterocycles. The number of methoxy groups -OCH3 is 1. The summed E-state index contributed by atoms with van der Waals surface area (Å²) in [5.74, 6) is -0.499. The molecule has 2 atom stereocenters. The number of aromatic nitrogens is 1. The van der Waals surface area contributed by atoms with Gasteiger partial charge in [-0.3, -0.25) is 18.5 Å². The van der Waals surface area contributed by atoms with Crippen LogP contribution in [0.25, 0.3) is 27.5 Å². The molecule has 0 saturated carbocycles. The van der Waals surface area contributed by atoms with Gasteiger partial charge in [0, 0.05) is 21.8 Å². The van der Waals surface area contributed by atoms with Crippen LogP contribution < -0.4 is 9.63 Å². The molecule has 3 rings (SSSR count). The van der Waals surface area contributed by atoms with Crippen molar-refractivity contribution >= 4 is 60.2 Å². The minimum absolute atomic E-state index is 0.0858. The van der Waals surface area contributed by atoms with Crippen LogP contribution in [-0.4, -0.2) is 34.0 Å². The SMILES string of the molecule is [C-]#[N+]/C(=C\c1cc(C#N)ccc1OC)c1cn(C(=O)COP(=O)(O)OP(=O)([O-])O)c2ccc(Br)cc12. The Labute approximate surface area is 212 Å². The number of benzene rings is 2. The molecule has 2 unspecified atom stereocenters. The standard InChI is InChI=1S/C21H16BrN3O9P2/c1-24-18(8-14-7-13(10-23)3-6-20(14)32-2)17-11-25(19-5-4-15(22)9-16(17)19)21(26)12-33-36(30,31)34-35(27,28)29/h3-9,11H,12H2,2H3,(H,30,31)(H2,27,28,29)/p-1/b18-8-. The Balaban J connectivity index is 2.08. The number of nitriles is 1. The summed E-state index contributed by atoms with van der Waals surface area (Å²) in [5, 5.41) is 9.67. The normalized spacial score (nSPS) is 14.9.